The van der Waals surface area contributed by atoms with E-state index < -0.39 is 0 Å². The van der Waals surface area contributed by atoms with E-state index in [-0.39, 0.29) is 17.8 Å². The maximum Gasteiger partial charge on any atom is 0.234 e. The summed E-state index contributed by atoms with van der Waals surface area (Å²) in [6.45, 7) is 4.66. The average Bonchev–Trinajstić information content (AvgIpc) is 3.51. The van der Waals surface area contributed by atoms with Crippen LogP contribution >= 0.6 is 11.3 Å². The summed E-state index contributed by atoms with van der Waals surface area (Å²) < 4.78 is 6.12. The smallest absolute Gasteiger partial charge is 0.234 e. The van der Waals surface area contributed by atoms with E-state index in [1.165, 1.54) is 35.1 Å². The van der Waals surface area contributed by atoms with Crippen molar-refractivity contribution in [3.8, 4) is 16.2 Å². The van der Waals surface area contributed by atoms with E-state index in [0.29, 0.717) is 13.1 Å². The van der Waals surface area contributed by atoms with Crippen LogP contribution in [0, 0.1) is 0 Å². The second kappa shape index (κ2) is 8.44. The molecule has 0 radical (unpaired) electrons. The van der Waals surface area contributed by atoms with Crippen LogP contribution < -0.4 is 10.1 Å². The normalized spacial score (nSPS) is 18.2. The van der Waals surface area contributed by atoms with Crippen LogP contribution in [0.25, 0.3) is 21.2 Å². The van der Waals surface area contributed by atoms with Gasteiger partial charge in [-0.3, -0.25) is 14.5 Å². The lowest BCUT2D eigenvalue weighted by Gasteiger charge is -2.16. The summed E-state index contributed by atoms with van der Waals surface area (Å²) in [5, 5.41) is 5.40. The van der Waals surface area contributed by atoms with Crippen LogP contribution in [0.15, 0.2) is 42.5 Å². The Morgan fingerprint density at radius 2 is 1.97 bits per heavy atom. The topological polar surface area (TPSA) is 58.6 Å². The molecule has 160 valence electrons. The molecule has 1 aromatic heterocycles. The van der Waals surface area contributed by atoms with Crippen LogP contribution in [0.4, 0.5) is 0 Å². The van der Waals surface area contributed by atoms with Gasteiger partial charge >= 0.3 is 0 Å². The number of ether oxygens (including phenoxy) is 1. The van der Waals surface area contributed by atoms with Gasteiger partial charge in [0.15, 0.2) is 5.78 Å². The number of Topliss-reactive ketones (excluding diaryl/α,β-unsaturated/α-hetero) is 1. The lowest BCUT2D eigenvalue weighted by atomic mass is 9.98. The van der Waals surface area contributed by atoms with E-state index in [9.17, 15) is 9.59 Å². The Balaban J connectivity index is 1.28. The molecule has 1 atom stereocenters. The molecule has 0 aliphatic carbocycles. The number of rotatable bonds is 6. The molecule has 1 N–H and O–H groups in total. The first-order valence-electron chi connectivity index (χ1n) is 10.9. The second-order valence-electron chi connectivity index (χ2n) is 8.43. The fourth-order valence-electron chi connectivity index (χ4n) is 4.52. The quantitative estimate of drug-likeness (QED) is 0.588. The third-order valence-corrected chi connectivity index (χ3v) is 7.38. The first kappa shape index (κ1) is 20.2. The van der Waals surface area contributed by atoms with Crippen molar-refractivity contribution in [2.24, 2.45) is 0 Å². The summed E-state index contributed by atoms with van der Waals surface area (Å²) in [6.07, 6.45) is 3.14. The SMILES string of the molecule is CC(=O)c1ccc(-c2ccc3c4c(ccc3c2)OC(CNC(=O)CN2CCCC2)C4)s1. The molecule has 5 rings (SSSR count). The minimum Gasteiger partial charge on any atom is -0.488 e. The van der Waals surface area contributed by atoms with Crippen LogP contribution in [0.1, 0.15) is 35.0 Å². The second-order valence-corrected chi connectivity index (χ2v) is 9.51. The van der Waals surface area contributed by atoms with Gasteiger partial charge in [-0.05, 0) is 73.5 Å². The number of amides is 1. The Hall–Kier alpha value is -2.70. The summed E-state index contributed by atoms with van der Waals surface area (Å²) in [5.74, 6) is 1.09. The summed E-state index contributed by atoms with van der Waals surface area (Å²) in [4.78, 5) is 27.9. The van der Waals surface area contributed by atoms with Crippen molar-refractivity contribution in [3.05, 3.63) is 52.9 Å². The first-order valence-corrected chi connectivity index (χ1v) is 11.7. The minimum atomic E-state index is -0.0294. The van der Waals surface area contributed by atoms with Crippen LogP contribution in [0.3, 0.4) is 0 Å². The molecule has 5 nitrogen and oxygen atoms in total. The largest absolute Gasteiger partial charge is 0.488 e. The molecule has 31 heavy (non-hydrogen) atoms. The summed E-state index contributed by atoms with van der Waals surface area (Å²) in [7, 11) is 0. The van der Waals surface area contributed by atoms with Gasteiger partial charge in [0, 0.05) is 16.9 Å². The summed E-state index contributed by atoms with van der Waals surface area (Å²) in [5.41, 5.74) is 2.33. The molecule has 2 aliphatic heterocycles. The Labute approximate surface area is 186 Å². The van der Waals surface area contributed by atoms with Gasteiger partial charge in [-0.2, -0.15) is 0 Å². The van der Waals surface area contributed by atoms with Crippen molar-refractivity contribution in [3.63, 3.8) is 0 Å². The molecule has 1 saturated heterocycles. The number of nitrogens with one attached hydrogen (secondary N) is 1. The lowest BCUT2D eigenvalue weighted by Crippen LogP contribution is -2.40. The van der Waals surface area contributed by atoms with Crippen molar-refractivity contribution in [1.29, 1.82) is 0 Å². The van der Waals surface area contributed by atoms with E-state index >= 15 is 0 Å². The Morgan fingerprint density at radius 1 is 1.13 bits per heavy atom. The van der Waals surface area contributed by atoms with Crippen LogP contribution in [0.2, 0.25) is 0 Å². The van der Waals surface area contributed by atoms with Gasteiger partial charge in [0.25, 0.3) is 0 Å². The molecular weight excluding hydrogens is 408 g/mol. The predicted octanol–water partition coefficient (Wildman–Crippen LogP) is 4.29. The van der Waals surface area contributed by atoms with Gasteiger partial charge < -0.3 is 10.1 Å². The Bertz CT molecular complexity index is 1150. The van der Waals surface area contributed by atoms with Crippen LogP contribution in [0.5, 0.6) is 5.75 Å². The van der Waals surface area contributed by atoms with E-state index in [1.807, 2.05) is 18.2 Å². The van der Waals surface area contributed by atoms with Gasteiger partial charge in [0.1, 0.15) is 11.9 Å². The highest BCUT2D eigenvalue weighted by molar-refractivity contribution is 7.17. The van der Waals surface area contributed by atoms with Gasteiger partial charge in [0.2, 0.25) is 5.91 Å². The van der Waals surface area contributed by atoms with Gasteiger partial charge in [0.05, 0.1) is 18.0 Å². The minimum absolute atomic E-state index is 0.0294. The maximum atomic E-state index is 12.2. The molecule has 2 aliphatic rings. The lowest BCUT2D eigenvalue weighted by molar-refractivity contribution is -0.122. The monoisotopic (exact) mass is 434 g/mol. The van der Waals surface area contributed by atoms with Gasteiger partial charge in [-0.25, -0.2) is 0 Å². The summed E-state index contributed by atoms with van der Waals surface area (Å²) in [6, 6.07) is 14.5. The molecular formula is C25H26N2O3S. The number of hydrogen-bond donors (Lipinski definition) is 1. The van der Waals surface area contributed by atoms with E-state index in [2.05, 4.69) is 34.5 Å². The molecule has 1 amide bonds. The van der Waals surface area contributed by atoms with Crippen molar-refractivity contribution < 1.29 is 14.3 Å². The number of ketones is 1. The molecule has 0 bridgehead atoms. The van der Waals surface area contributed by atoms with Gasteiger partial charge in [-0.15, -0.1) is 11.3 Å². The Kier molecular flexibility index (Phi) is 5.50. The number of thiophene rings is 1. The fourth-order valence-corrected chi connectivity index (χ4v) is 5.42. The van der Waals surface area contributed by atoms with Crippen molar-refractivity contribution in [2.45, 2.75) is 32.3 Å². The number of hydrogen-bond acceptors (Lipinski definition) is 5. The van der Waals surface area contributed by atoms with Crippen molar-refractivity contribution in [1.82, 2.24) is 10.2 Å². The number of carbonyl (C=O) groups is 2. The molecule has 3 aromatic rings. The number of nitrogens with zero attached hydrogens (tertiary/aromatic N) is 1. The standard InChI is InChI=1S/C25H26N2O3S/c1-16(28)23-8-9-24(31-23)18-4-6-20-17(12-18)5-7-22-21(20)13-19(30-22)14-26-25(29)15-27-10-2-3-11-27/h4-9,12,19H,2-3,10-11,13-15H2,1H3,(H,26,29). The summed E-state index contributed by atoms with van der Waals surface area (Å²) >= 11 is 1.53. The van der Waals surface area contributed by atoms with Gasteiger partial charge in [-0.1, -0.05) is 18.2 Å². The highest BCUT2D eigenvalue weighted by Gasteiger charge is 2.25. The fraction of sp³-hybridized carbons (Fsp3) is 0.360. The van der Waals surface area contributed by atoms with E-state index in [0.717, 1.165) is 46.0 Å². The van der Waals surface area contributed by atoms with Crippen LogP contribution in [-0.4, -0.2) is 48.9 Å². The average molecular weight is 435 g/mol. The highest BCUT2D eigenvalue weighted by atomic mass is 32.1. The molecule has 0 spiro atoms. The number of fused-ring (bicyclic) bond motifs is 3. The van der Waals surface area contributed by atoms with Crippen molar-refractivity contribution in [2.75, 3.05) is 26.2 Å². The molecule has 6 heteroatoms. The van der Waals surface area contributed by atoms with Crippen LogP contribution in [-0.2, 0) is 11.2 Å². The predicted molar refractivity (Wildman–Crippen MR) is 124 cm³/mol. The number of benzene rings is 2. The van der Waals surface area contributed by atoms with E-state index in [4.69, 9.17) is 4.74 Å². The molecule has 3 heterocycles. The molecule has 0 saturated carbocycles. The number of likely N-dealkylation sites (tertiary alicyclic amines) is 1. The molecule has 2 aromatic carbocycles. The third kappa shape index (κ3) is 4.23. The zero-order chi connectivity index (χ0) is 21.4. The van der Waals surface area contributed by atoms with E-state index in [1.54, 1.807) is 6.92 Å². The highest BCUT2D eigenvalue weighted by Crippen LogP contribution is 2.37. The maximum absolute atomic E-state index is 12.2. The zero-order valence-corrected chi connectivity index (χ0v) is 18.5. The number of carbonyl (C=O) groups excluding carboxylic acids is 2. The molecule has 1 unspecified atom stereocenters. The third-order valence-electron chi connectivity index (χ3n) is 6.14. The molecule has 1 fully saturated rings. The Morgan fingerprint density at radius 3 is 2.74 bits per heavy atom. The first-order chi connectivity index (χ1) is 15.1. The van der Waals surface area contributed by atoms with Crippen molar-refractivity contribution >= 4 is 33.8 Å². The zero-order valence-electron chi connectivity index (χ0n) is 17.6.